The number of rotatable bonds is 6. The Labute approximate surface area is 167 Å². The number of para-hydroxylation sites is 2. The number of aliphatic hydroxyl groups excluding tert-OH is 1. The molecule has 1 aliphatic carbocycles. The maximum Gasteiger partial charge on any atom is 0.138 e. The van der Waals surface area contributed by atoms with Crippen LogP contribution in [0.5, 0.6) is 5.75 Å². The molecule has 5 nitrogen and oxygen atoms in total. The smallest absolute Gasteiger partial charge is 0.138 e. The number of aryl methyl sites for hydroxylation is 1. The van der Waals surface area contributed by atoms with Gasteiger partial charge in [0.05, 0.1) is 44.6 Å². The number of ether oxygens (including phenoxy) is 1. The molecule has 0 bridgehead atoms. The second-order valence-corrected chi connectivity index (χ2v) is 8.00. The summed E-state index contributed by atoms with van der Waals surface area (Å²) >= 11 is 0. The number of piperazine rings is 1. The van der Waals surface area contributed by atoms with E-state index in [0.29, 0.717) is 18.9 Å². The Kier molecular flexibility index (Phi) is 6.15. The molecule has 4 rings (SSSR count). The van der Waals surface area contributed by atoms with E-state index < -0.39 is 6.10 Å². The van der Waals surface area contributed by atoms with Crippen LogP contribution in [-0.2, 0) is 11.2 Å². The largest absolute Gasteiger partial charge is 0.506 e. The molecule has 5 heteroatoms. The van der Waals surface area contributed by atoms with Crippen molar-refractivity contribution < 1.29 is 19.8 Å². The van der Waals surface area contributed by atoms with E-state index in [1.165, 1.54) is 16.0 Å². The summed E-state index contributed by atoms with van der Waals surface area (Å²) in [5, 5.41) is 20.5. The Bertz CT molecular complexity index is 774. The summed E-state index contributed by atoms with van der Waals surface area (Å²) in [5.74, 6) is 0.340. The van der Waals surface area contributed by atoms with Gasteiger partial charge in [-0.25, -0.2) is 0 Å². The predicted molar refractivity (Wildman–Crippen MR) is 110 cm³/mol. The van der Waals surface area contributed by atoms with Gasteiger partial charge in [-0.05, 0) is 42.5 Å². The molecule has 0 amide bonds. The van der Waals surface area contributed by atoms with Crippen molar-refractivity contribution in [2.24, 2.45) is 0 Å². The predicted octanol–water partition coefficient (Wildman–Crippen LogP) is 1.55. The molecule has 0 spiro atoms. The van der Waals surface area contributed by atoms with Crippen molar-refractivity contribution in [3.63, 3.8) is 0 Å². The first kappa shape index (κ1) is 19.2. The van der Waals surface area contributed by atoms with E-state index in [1.807, 2.05) is 18.2 Å². The monoisotopic (exact) mass is 383 g/mol. The zero-order valence-corrected chi connectivity index (χ0v) is 16.4. The van der Waals surface area contributed by atoms with Crippen molar-refractivity contribution >= 4 is 5.69 Å². The Morgan fingerprint density at radius 3 is 2.64 bits per heavy atom. The fourth-order valence-electron chi connectivity index (χ4n) is 4.50. The topological polar surface area (TPSA) is 57.4 Å². The zero-order chi connectivity index (χ0) is 19.3. The number of nitrogens with one attached hydrogen (secondary N) is 1. The van der Waals surface area contributed by atoms with Crippen molar-refractivity contribution in [2.45, 2.75) is 31.5 Å². The number of quaternary nitrogens is 1. The van der Waals surface area contributed by atoms with Crippen LogP contribution in [0.1, 0.15) is 30.1 Å². The molecule has 0 aromatic heterocycles. The van der Waals surface area contributed by atoms with Crippen LogP contribution in [0.4, 0.5) is 5.69 Å². The van der Waals surface area contributed by atoms with Crippen LogP contribution >= 0.6 is 0 Å². The summed E-state index contributed by atoms with van der Waals surface area (Å²) in [5.41, 5.74) is 3.59. The number of fused-ring (bicyclic) bond motifs is 1. The quantitative estimate of drug-likeness (QED) is 0.709. The summed E-state index contributed by atoms with van der Waals surface area (Å²) in [7, 11) is 0. The zero-order valence-electron chi connectivity index (χ0n) is 16.4. The van der Waals surface area contributed by atoms with Gasteiger partial charge in [0.15, 0.2) is 0 Å². The summed E-state index contributed by atoms with van der Waals surface area (Å²) < 4.78 is 6.11. The SMILES string of the molecule is Oc1ccccc1N1CC[NH+](C[C@H](O)CO[C@H]2CCCc3ccccc32)CC1. The van der Waals surface area contributed by atoms with Crippen molar-refractivity contribution in [2.75, 3.05) is 44.2 Å². The van der Waals surface area contributed by atoms with Crippen molar-refractivity contribution in [3.05, 3.63) is 59.7 Å². The fraction of sp³-hybridized carbons (Fsp3) is 0.478. The van der Waals surface area contributed by atoms with E-state index in [9.17, 15) is 10.2 Å². The molecule has 0 saturated carbocycles. The lowest BCUT2D eigenvalue weighted by Crippen LogP contribution is -3.16. The molecule has 1 heterocycles. The number of nitrogens with zero attached hydrogens (tertiary/aromatic N) is 1. The maximum atomic E-state index is 10.5. The lowest BCUT2D eigenvalue weighted by Gasteiger charge is -2.35. The third-order valence-corrected chi connectivity index (χ3v) is 6.02. The molecule has 1 saturated heterocycles. The second kappa shape index (κ2) is 8.95. The van der Waals surface area contributed by atoms with Gasteiger partial charge in [-0.15, -0.1) is 0 Å². The van der Waals surface area contributed by atoms with Gasteiger partial charge in [0.2, 0.25) is 0 Å². The number of aromatic hydroxyl groups is 1. The van der Waals surface area contributed by atoms with Crippen LogP contribution in [0.3, 0.4) is 0 Å². The molecule has 1 aliphatic heterocycles. The first-order valence-electron chi connectivity index (χ1n) is 10.4. The molecule has 2 aliphatic rings. The lowest BCUT2D eigenvalue weighted by atomic mass is 9.89. The van der Waals surface area contributed by atoms with Gasteiger partial charge in [-0.1, -0.05) is 36.4 Å². The van der Waals surface area contributed by atoms with Crippen LogP contribution in [0.25, 0.3) is 0 Å². The average molecular weight is 384 g/mol. The second-order valence-electron chi connectivity index (χ2n) is 8.00. The number of benzene rings is 2. The molecule has 0 radical (unpaired) electrons. The van der Waals surface area contributed by atoms with Crippen LogP contribution in [0, 0.1) is 0 Å². The van der Waals surface area contributed by atoms with Crippen LogP contribution < -0.4 is 9.80 Å². The average Bonchev–Trinajstić information content (AvgIpc) is 2.73. The van der Waals surface area contributed by atoms with E-state index in [1.54, 1.807) is 6.07 Å². The molecule has 2 aromatic carbocycles. The highest BCUT2D eigenvalue weighted by Gasteiger charge is 2.25. The number of hydrogen-bond acceptors (Lipinski definition) is 4. The van der Waals surface area contributed by atoms with Gasteiger partial charge in [-0.3, -0.25) is 0 Å². The first-order chi connectivity index (χ1) is 13.7. The molecule has 150 valence electrons. The van der Waals surface area contributed by atoms with E-state index in [0.717, 1.165) is 51.1 Å². The number of phenols is 1. The molecule has 2 aromatic rings. The highest BCUT2D eigenvalue weighted by Crippen LogP contribution is 2.32. The number of anilines is 1. The number of phenolic OH excluding ortho intramolecular Hbond substituents is 1. The summed E-state index contributed by atoms with van der Waals surface area (Å²) in [6.45, 7) is 4.79. The summed E-state index contributed by atoms with van der Waals surface area (Å²) in [6.07, 6.45) is 2.99. The summed E-state index contributed by atoms with van der Waals surface area (Å²) in [6, 6.07) is 16.0. The van der Waals surface area contributed by atoms with Gasteiger partial charge in [0, 0.05) is 0 Å². The minimum atomic E-state index is -0.444. The Balaban J connectivity index is 1.23. The number of hydrogen-bond donors (Lipinski definition) is 3. The minimum Gasteiger partial charge on any atom is -0.506 e. The van der Waals surface area contributed by atoms with E-state index in [-0.39, 0.29) is 6.10 Å². The number of aliphatic hydroxyl groups is 1. The lowest BCUT2D eigenvalue weighted by molar-refractivity contribution is -0.903. The van der Waals surface area contributed by atoms with E-state index in [2.05, 4.69) is 29.2 Å². The Morgan fingerprint density at radius 2 is 1.82 bits per heavy atom. The highest BCUT2D eigenvalue weighted by atomic mass is 16.5. The van der Waals surface area contributed by atoms with E-state index in [4.69, 9.17) is 4.74 Å². The molecule has 3 N–H and O–H groups in total. The van der Waals surface area contributed by atoms with Crippen LogP contribution in [0.15, 0.2) is 48.5 Å². The third-order valence-electron chi connectivity index (χ3n) is 6.02. The van der Waals surface area contributed by atoms with Gasteiger partial charge >= 0.3 is 0 Å². The van der Waals surface area contributed by atoms with Gasteiger partial charge < -0.3 is 24.7 Å². The van der Waals surface area contributed by atoms with E-state index >= 15 is 0 Å². The normalized spacial score (nSPS) is 21.3. The molecule has 1 fully saturated rings. The van der Waals surface area contributed by atoms with Crippen molar-refractivity contribution in [3.8, 4) is 5.75 Å². The van der Waals surface area contributed by atoms with Gasteiger partial charge in [-0.2, -0.15) is 0 Å². The molecular weight excluding hydrogens is 352 g/mol. The van der Waals surface area contributed by atoms with Crippen LogP contribution in [0.2, 0.25) is 0 Å². The van der Waals surface area contributed by atoms with Gasteiger partial charge in [0.1, 0.15) is 18.4 Å². The van der Waals surface area contributed by atoms with Crippen LogP contribution in [-0.4, -0.2) is 55.6 Å². The fourth-order valence-corrected chi connectivity index (χ4v) is 4.50. The highest BCUT2D eigenvalue weighted by molar-refractivity contribution is 5.57. The standard InChI is InChI=1S/C23H30N2O3/c26-19(17-28-23-11-5-7-18-6-1-2-8-20(18)23)16-24-12-14-25(15-13-24)21-9-3-4-10-22(21)27/h1-4,6,8-10,19,23,26-27H,5,7,11-17H2/p+1/t19-,23-/m0/s1. The minimum absolute atomic E-state index is 0.118. The molecule has 28 heavy (non-hydrogen) atoms. The molecular formula is C23H31N2O3+. The Hall–Kier alpha value is -2.08. The van der Waals surface area contributed by atoms with Gasteiger partial charge in [0.25, 0.3) is 0 Å². The van der Waals surface area contributed by atoms with Crippen molar-refractivity contribution in [1.29, 1.82) is 0 Å². The third kappa shape index (κ3) is 4.49. The van der Waals surface area contributed by atoms with Crippen molar-refractivity contribution in [1.82, 2.24) is 0 Å². The first-order valence-corrected chi connectivity index (χ1v) is 10.4. The maximum absolute atomic E-state index is 10.5. The summed E-state index contributed by atoms with van der Waals surface area (Å²) in [4.78, 5) is 3.62. The molecule has 2 atom stereocenters. The molecule has 0 unspecified atom stereocenters. The Morgan fingerprint density at radius 1 is 1.07 bits per heavy atom.